The number of fused-ring (bicyclic) bond motifs is 2. The van der Waals surface area contributed by atoms with E-state index in [-0.39, 0.29) is 11.6 Å². The third-order valence-electron chi connectivity index (χ3n) is 8.49. The maximum absolute atomic E-state index is 13.3. The number of benzene rings is 6. The number of H-pyrrole nitrogens is 2. The fraction of sp³-hybridized carbons (Fsp3) is 0.0244. The summed E-state index contributed by atoms with van der Waals surface area (Å²) < 4.78 is 26.3. The van der Waals surface area contributed by atoms with Gasteiger partial charge in [-0.1, -0.05) is 76.2 Å². The predicted octanol–water partition coefficient (Wildman–Crippen LogP) is 12.8. The molecule has 56 heavy (non-hydrogen) atoms. The molecule has 2 heterocycles. The van der Waals surface area contributed by atoms with E-state index in [1.807, 2.05) is 19.1 Å². The first-order chi connectivity index (χ1) is 26.8. The third kappa shape index (κ3) is 8.35. The first-order valence-corrected chi connectivity index (χ1v) is 18.5. The number of aromatic amines is 2. The number of carbonyl (C=O) groups is 2. The van der Waals surface area contributed by atoms with Crippen molar-refractivity contribution in [2.24, 2.45) is 0 Å². The Morgan fingerprint density at radius 1 is 0.536 bits per heavy atom. The lowest BCUT2D eigenvalue weighted by Gasteiger charge is -2.07. The summed E-state index contributed by atoms with van der Waals surface area (Å²) in [5, 5.41) is 7.87. The summed E-state index contributed by atoms with van der Waals surface area (Å²) in [6.07, 6.45) is 0. The van der Waals surface area contributed by atoms with Crippen LogP contribution >= 0.6 is 58.0 Å². The van der Waals surface area contributed by atoms with Gasteiger partial charge in [0, 0.05) is 33.6 Å². The minimum Gasteiger partial charge on any atom is -0.338 e. The molecule has 0 radical (unpaired) electrons. The summed E-state index contributed by atoms with van der Waals surface area (Å²) in [6.45, 7) is 1.91. The largest absolute Gasteiger partial charge is 0.338 e. The Morgan fingerprint density at radius 2 is 0.982 bits per heavy atom. The highest BCUT2D eigenvalue weighted by Gasteiger charge is 2.17. The molecule has 0 spiro atoms. The highest BCUT2D eigenvalue weighted by atomic mass is 35.5. The molecule has 0 fully saturated rings. The Kier molecular flexibility index (Phi) is 11.3. The van der Waals surface area contributed by atoms with Crippen LogP contribution in [-0.2, 0) is 0 Å². The molecule has 15 heteroatoms. The molecule has 0 bridgehead atoms. The number of imidazole rings is 2. The van der Waals surface area contributed by atoms with Crippen molar-refractivity contribution < 1.29 is 18.4 Å². The van der Waals surface area contributed by atoms with Crippen molar-refractivity contribution in [2.45, 2.75) is 6.92 Å². The Balaban J connectivity index is 0.000000172. The van der Waals surface area contributed by atoms with Crippen molar-refractivity contribution in [3.8, 4) is 22.8 Å². The molecule has 2 aromatic heterocycles. The van der Waals surface area contributed by atoms with E-state index in [9.17, 15) is 18.4 Å². The topological polar surface area (TPSA) is 116 Å². The standard InChI is InChI=1S/C21H14Cl3N3O.C20H11Cl2F2N3O/c1-11-5-7-13(10-16(11)24)25-21(28)12-6-8-17-18(9-12)27-20(26-17)19-14(22)3-2-4-15(19)23;21-12-2-1-3-13(22)18(12)19-26-16-7-4-10(8-17(16)27-19)20(28)25-11-5-6-14(23)15(24)9-11/h2-10H,1H3,(H,25,28)(H,26,27);1-9H,(H,25,28)(H,26,27). The number of aromatic nitrogens is 4. The van der Waals surface area contributed by atoms with E-state index in [0.717, 1.165) is 17.7 Å². The van der Waals surface area contributed by atoms with Gasteiger partial charge < -0.3 is 20.6 Å². The monoisotopic (exact) mass is 846 g/mol. The van der Waals surface area contributed by atoms with Crippen LogP contribution in [0, 0.1) is 18.6 Å². The first-order valence-electron chi connectivity index (χ1n) is 16.6. The molecule has 0 aliphatic rings. The van der Waals surface area contributed by atoms with Crippen LogP contribution in [0.3, 0.4) is 0 Å². The van der Waals surface area contributed by atoms with Gasteiger partial charge in [-0.25, -0.2) is 18.7 Å². The van der Waals surface area contributed by atoms with Crippen LogP contribution in [0.2, 0.25) is 25.1 Å². The van der Waals surface area contributed by atoms with Crippen LogP contribution in [0.25, 0.3) is 44.8 Å². The lowest BCUT2D eigenvalue weighted by Crippen LogP contribution is -2.12. The van der Waals surface area contributed by atoms with Crippen LogP contribution in [-0.4, -0.2) is 31.8 Å². The van der Waals surface area contributed by atoms with E-state index in [1.165, 1.54) is 6.07 Å². The summed E-state index contributed by atoms with van der Waals surface area (Å²) in [5.41, 5.74) is 6.37. The number of halogens is 7. The van der Waals surface area contributed by atoms with Crippen molar-refractivity contribution in [3.63, 3.8) is 0 Å². The van der Waals surface area contributed by atoms with Gasteiger partial charge in [0.25, 0.3) is 11.8 Å². The van der Waals surface area contributed by atoms with Gasteiger partial charge in [0.05, 0.1) is 53.3 Å². The number of hydrogen-bond donors (Lipinski definition) is 4. The smallest absolute Gasteiger partial charge is 0.255 e. The zero-order valence-electron chi connectivity index (χ0n) is 28.7. The summed E-state index contributed by atoms with van der Waals surface area (Å²) in [5.74, 6) is -1.71. The molecule has 0 aliphatic carbocycles. The van der Waals surface area contributed by atoms with Crippen LogP contribution in [0.15, 0.2) is 109 Å². The van der Waals surface area contributed by atoms with Gasteiger partial charge in [0.2, 0.25) is 0 Å². The fourth-order valence-corrected chi connectivity index (χ4v) is 6.97. The number of hydrogen-bond acceptors (Lipinski definition) is 4. The molecule has 8 aromatic rings. The Bertz CT molecular complexity index is 2590. The second-order valence-electron chi connectivity index (χ2n) is 12.3. The molecule has 0 atom stereocenters. The number of aryl methyl sites for hydroxylation is 1. The van der Waals surface area contributed by atoms with Gasteiger partial charge in [-0.2, -0.15) is 0 Å². The molecular weight excluding hydrogens is 824 g/mol. The lowest BCUT2D eigenvalue weighted by atomic mass is 10.1. The average Bonchev–Trinajstić information content (AvgIpc) is 3.78. The molecule has 0 aliphatic heterocycles. The predicted molar refractivity (Wildman–Crippen MR) is 222 cm³/mol. The van der Waals surface area contributed by atoms with E-state index >= 15 is 0 Å². The van der Waals surface area contributed by atoms with Crippen LogP contribution in [0.4, 0.5) is 20.2 Å². The number of amides is 2. The van der Waals surface area contributed by atoms with Crippen LogP contribution in [0.1, 0.15) is 26.3 Å². The van der Waals surface area contributed by atoms with Crippen LogP contribution < -0.4 is 10.6 Å². The van der Waals surface area contributed by atoms with Gasteiger partial charge in [-0.3, -0.25) is 9.59 Å². The molecule has 0 unspecified atom stereocenters. The highest BCUT2D eigenvalue weighted by molar-refractivity contribution is 6.39. The summed E-state index contributed by atoms with van der Waals surface area (Å²) in [7, 11) is 0. The van der Waals surface area contributed by atoms with Crippen molar-refractivity contribution in [1.82, 2.24) is 19.9 Å². The second kappa shape index (κ2) is 16.3. The molecule has 6 aromatic carbocycles. The molecule has 0 saturated carbocycles. The molecular formula is C41H25Cl5F2N6O2. The van der Waals surface area contributed by atoms with Crippen molar-refractivity contribution in [3.05, 3.63) is 163 Å². The third-order valence-corrected chi connectivity index (χ3v) is 10.2. The van der Waals surface area contributed by atoms with Gasteiger partial charge in [0.15, 0.2) is 11.6 Å². The maximum atomic E-state index is 13.3. The van der Waals surface area contributed by atoms with Gasteiger partial charge in [0.1, 0.15) is 11.6 Å². The average molecular weight is 849 g/mol. The molecule has 4 N–H and O–H groups in total. The fourth-order valence-electron chi connectivity index (χ4n) is 5.64. The molecule has 2 amide bonds. The van der Waals surface area contributed by atoms with Crippen molar-refractivity contribution in [2.75, 3.05) is 10.6 Å². The zero-order valence-corrected chi connectivity index (χ0v) is 32.5. The molecule has 8 nitrogen and oxygen atoms in total. The number of nitrogens with one attached hydrogen (secondary N) is 4. The highest BCUT2D eigenvalue weighted by Crippen LogP contribution is 2.35. The van der Waals surface area contributed by atoms with Gasteiger partial charge in [-0.15, -0.1) is 0 Å². The normalized spacial score (nSPS) is 11.0. The van der Waals surface area contributed by atoms with Crippen LogP contribution in [0.5, 0.6) is 0 Å². The number of anilines is 2. The zero-order chi connectivity index (χ0) is 39.7. The minimum atomic E-state index is -1.04. The minimum absolute atomic E-state index is 0.150. The summed E-state index contributed by atoms with van der Waals surface area (Å²) >= 11 is 31.1. The van der Waals surface area contributed by atoms with E-state index in [0.29, 0.717) is 86.8 Å². The van der Waals surface area contributed by atoms with Gasteiger partial charge >= 0.3 is 0 Å². The Morgan fingerprint density at radius 3 is 1.43 bits per heavy atom. The van der Waals surface area contributed by atoms with Crippen molar-refractivity contribution >= 4 is 103 Å². The van der Waals surface area contributed by atoms with E-state index in [4.69, 9.17) is 58.0 Å². The lowest BCUT2D eigenvalue weighted by molar-refractivity contribution is 0.101. The Hall–Kier alpha value is -5.49. The summed E-state index contributed by atoms with van der Waals surface area (Å²) in [6, 6.07) is 29.0. The van der Waals surface area contributed by atoms with Gasteiger partial charge in [-0.05, 0) is 97.4 Å². The first kappa shape index (κ1) is 38.8. The van der Waals surface area contributed by atoms with Crippen molar-refractivity contribution in [1.29, 1.82) is 0 Å². The van der Waals surface area contributed by atoms with E-state index < -0.39 is 17.5 Å². The maximum Gasteiger partial charge on any atom is 0.255 e. The SMILES string of the molecule is Cc1ccc(NC(=O)c2ccc3nc(-c4c(Cl)cccc4Cl)[nH]c3c2)cc1Cl.O=C(Nc1ccc(F)c(F)c1)c1ccc2nc(-c3c(Cl)cccc3Cl)[nH]c2c1. The number of carbonyl (C=O) groups excluding carboxylic acids is 2. The molecule has 8 rings (SSSR count). The van der Waals surface area contributed by atoms with E-state index in [1.54, 1.807) is 78.9 Å². The summed E-state index contributed by atoms with van der Waals surface area (Å²) in [4.78, 5) is 40.3. The quantitative estimate of drug-likeness (QED) is 0.133. The van der Waals surface area contributed by atoms with E-state index in [2.05, 4.69) is 30.6 Å². The number of rotatable bonds is 6. The second-order valence-corrected chi connectivity index (χ2v) is 14.4. The number of nitrogens with zero attached hydrogens (tertiary/aromatic N) is 2. The molecule has 0 saturated heterocycles. The Labute approximate surface area is 342 Å². The molecule has 280 valence electrons.